The lowest BCUT2D eigenvalue weighted by molar-refractivity contribution is -0.132. The fraction of sp³-hybridized carbons (Fsp3) is 0.200. The molecule has 0 saturated heterocycles. The number of esters is 1. The largest absolute Gasteiger partial charge is 0.508 e. The van der Waals surface area contributed by atoms with E-state index in [2.05, 4.69) is 0 Å². The summed E-state index contributed by atoms with van der Waals surface area (Å²) in [5.74, 6) is 0.156. The highest BCUT2D eigenvalue weighted by atomic mass is 32.1. The molecular formula is C10H10O3S. The van der Waals surface area contributed by atoms with Crippen molar-refractivity contribution in [1.82, 2.24) is 0 Å². The normalized spacial score (nSPS) is 9.50. The molecule has 0 heterocycles. The van der Waals surface area contributed by atoms with Crippen LogP contribution in [0.25, 0.3) is 0 Å². The van der Waals surface area contributed by atoms with Crippen LogP contribution in [0, 0.1) is 0 Å². The van der Waals surface area contributed by atoms with E-state index < -0.39 is 0 Å². The molecule has 3 nitrogen and oxygen atoms in total. The van der Waals surface area contributed by atoms with Crippen LogP contribution in [-0.2, 0) is 4.79 Å². The maximum Gasteiger partial charge on any atom is 0.316 e. The summed E-state index contributed by atoms with van der Waals surface area (Å²) < 4.78 is 4.94. The molecular weight excluding hydrogens is 200 g/mol. The Balaban J connectivity index is 2.56. The highest BCUT2D eigenvalue weighted by molar-refractivity contribution is 7.80. The lowest BCUT2D eigenvalue weighted by Gasteiger charge is -2.02. The number of ether oxygens (including phenoxy) is 1. The first-order valence-corrected chi connectivity index (χ1v) is 4.48. The number of phenols is 1. The summed E-state index contributed by atoms with van der Waals surface area (Å²) in [5, 5.41) is 8.97. The maximum atomic E-state index is 11.1. The van der Waals surface area contributed by atoms with Gasteiger partial charge in [-0.3, -0.25) is 4.79 Å². The lowest BCUT2D eigenvalue weighted by atomic mass is 10.3. The zero-order valence-electron chi connectivity index (χ0n) is 7.69. The monoisotopic (exact) mass is 210 g/mol. The van der Waals surface area contributed by atoms with E-state index in [4.69, 9.17) is 22.1 Å². The Hall–Kier alpha value is -1.42. The second-order valence-electron chi connectivity index (χ2n) is 2.85. The van der Waals surface area contributed by atoms with E-state index in [-0.39, 0.29) is 18.1 Å². The van der Waals surface area contributed by atoms with Gasteiger partial charge in [0.2, 0.25) is 0 Å². The Kier molecular flexibility index (Phi) is 3.59. The third-order valence-corrected chi connectivity index (χ3v) is 1.61. The van der Waals surface area contributed by atoms with Crippen molar-refractivity contribution >= 4 is 23.1 Å². The van der Waals surface area contributed by atoms with Gasteiger partial charge in [-0.05, 0) is 31.2 Å². The molecule has 0 amide bonds. The van der Waals surface area contributed by atoms with Crippen molar-refractivity contribution in [3.63, 3.8) is 0 Å². The van der Waals surface area contributed by atoms with Crippen LogP contribution >= 0.6 is 12.2 Å². The predicted molar refractivity (Wildman–Crippen MR) is 56.6 cm³/mol. The van der Waals surface area contributed by atoms with Gasteiger partial charge >= 0.3 is 5.97 Å². The first-order chi connectivity index (χ1) is 6.58. The number of aromatic hydroxyl groups is 1. The van der Waals surface area contributed by atoms with Crippen LogP contribution in [0.3, 0.4) is 0 Å². The first kappa shape index (κ1) is 10.7. The Morgan fingerprint density at radius 3 is 2.50 bits per heavy atom. The molecule has 1 aromatic carbocycles. The summed E-state index contributed by atoms with van der Waals surface area (Å²) in [4.78, 5) is 11.7. The Bertz CT molecular complexity index is 343. The van der Waals surface area contributed by atoms with Crippen LogP contribution in [-0.4, -0.2) is 15.9 Å². The summed E-state index contributed by atoms with van der Waals surface area (Å²) in [6.07, 6.45) is 0.135. The van der Waals surface area contributed by atoms with Crippen LogP contribution < -0.4 is 4.74 Å². The molecule has 1 rings (SSSR count). The number of hydrogen-bond donors (Lipinski definition) is 1. The van der Waals surface area contributed by atoms with Crippen LogP contribution in [0.2, 0.25) is 0 Å². The lowest BCUT2D eigenvalue weighted by Crippen LogP contribution is -2.10. The molecule has 0 fully saturated rings. The SMILES string of the molecule is CC(=S)CC(=O)Oc1ccc(O)cc1. The molecule has 1 N–H and O–H groups in total. The quantitative estimate of drug-likeness (QED) is 0.471. The molecule has 0 aliphatic heterocycles. The molecule has 0 saturated carbocycles. The number of benzene rings is 1. The van der Waals surface area contributed by atoms with Gasteiger partial charge in [0.15, 0.2) is 0 Å². The van der Waals surface area contributed by atoms with Crippen molar-refractivity contribution in [2.75, 3.05) is 0 Å². The molecule has 0 radical (unpaired) electrons. The van der Waals surface area contributed by atoms with Crippen LogP contribution in [0.4, 0.5) is 0 Å². The Morgan fingerprint density at radius 2 is 2.00 bits per heavy atom. The van der Waals surface area contributed by atoms with Crippen molar-refractivity contribution in [2.45, 2.75) is 13.3 Å². The molecule has 0 spiro atoms. The number of phenolic OH excluding ortho intramolecular Hbond substituents is 1. The van der Waals surface area contributed by atoms with Gasteiger partial charge in [0.25, 0.3) is 0 Å². The van der Waals surface area contributed by atoms with Gasteiger partial charge in [-0.2, -0.15) is 0 Å². The molecule has 0 aliphatic rings. The van der Waals surface area contributed by atoms with Crippen molar-refractivity contribution in [3.8, 4) is 11.5 Å². The van der Waals surface area contributed by atoms with Crippen molar-refractivity contribution in [3.05, 3.63) is 24.3 Å². The average Bonchev–Trinajstić information content (AvgIpc) is 2.07. The summed E-state index contributed by atoms with van der Waals surface area (Å²) in [6, 6.07) is 5.94. The molecule has 14 heavy (non-hydrogen) atoms. The van der Waals surface area contributed by atoms with E-state index in [1.165, 1.54) is 24.3 Å². The summed E-state index contributed by atoms with van der Waals surface area (Å²) in [5.41, 5.74) is 0. The van der Waals surface area contributed by atoms with E-state index >= 15 is 0 Å². The predicted octanol–water partition coefficient (Wildman–Crippen LogP) is 2.08. The molecule has 1 aromatic rings. The second-order valence-corrected chi connectivity index (χ2v) is 3.54. The third kappa shape index (κ3) is 3.53. The molecule has 0 unspecified atom stereocenters. The number of rotatable bonds is 3. The number of thiocarbonyl (C=S) groups is 1. The zero-order valence-corrected chi connectivity index (χ0v) is 8.50. The van der Waals surface area contributed by atoms with Gasteiger partial charge in [0.05, 0.1) is 6.42 Å². The third-order valence-electron chi connectivity index (χ3n) is 1.46. The minimum Gasteiger partial charge on any atom is -0.508 e. The molecule has 0 aromatic heterocycles. The fourth-order valence-electron chi connectivity index (χ4n) is 0.885. The Labute approximate surface area is 87.3 Å². The van der Waals surface area contributed by atoms with Crippen LogP contribution in [0.5, 0.6) is 11.5 Å². The number of carbonyl (C=O) groups is 1. The van der Waals surface area contributed by atoms with E-state index in [0.29, 0.717) is 10.6 Å². The standard InChI is InChI=1S/C10H10O3S/c1-7(14)6-10(12)13-9-4-2-8(11)3-5-9/h2-5,11H,6H2,1H3. The van der Waals surface area contributed by atoms with Gasteiger partial charge < -0.3 is 9.84 Å². The second kappa shape index (κ2) is 4.72. The van der Waals surface area contributed by atoms with E-state index in [0.717, 1.165) is 0 Å². The molecule has 0 aliphatic carbocycles. The van der Waals surface area contributed by atoms with Crippen molar-refractivity contribution in [2.24, 2.45) is 0 Å². The van der Waals surface area contributed by atoms with Gasteiger partial charge in [0, 0.05) is 4.86 Å². The molecule has 0 atom stereocenters. The van der Waals surface area contributed by atoms with E-state index in [9.17, 15) is 4.79 Å². The van der Waals surface area contributed by atoms with E-state index in [1.54, 1.807) is 6.92 Å². The Morgan fingerprint density at radius 1 is 1.43 bits per heavy atom. The smallest absolute Gasteiger partial charge is 0.316 e. The van der Waals surface area contributed by atoms with Crippen molar-refractivity contribution < 1.29 is 14.6 Å². The molecule has 4 heteroatoms. The minimum atomic E-state index is -0.386. The van der Waals surface area contributed by atoms with Gasteiger partial charge in [0.1, 0.15) is 11.5 Å². The number of carbonyl (C=O) groups excluding carboxylic acids is 1. The van der Waals surface area contributed by atoms with Gasteiger partial charge in [-0.15, -0.1) is 0 Å². The van der Waals surface area contributed by atoms with Gasteiger partial charge in [-0.25, -0.2) is 0 Å². The van der Waals surface area contributed by atoms with Gasteiger partial charge in [-0.1, -0.05) is 12.2 Å². The van der Waals surface area contributed by atoms with Crippen LogP contribution in [0.15, 0.2) is 24.3 Å². The average molecular weight is 210 g/mol. The van der Waals surface area contributed by atoms with Crippen LogP contribution in [0.1, 0.15) is 13.3 Å². The highest BCUT2D eigenvalue weighted by Gasteiger charge is 2.05. The molecule has 74 valence electrons. The summed E-state index contributed by atoms with van der Waals surface area (Å²) in [6.45, 7) is 1.69. The first-order valence-electron chi connectivity index (χ1n) is 4.07. The summed E-state index contributed by atoms with van der Waals surface area (Å²) >= 11 is 4.77. The van der Waals surface area contributed by atoms with E-state index in [1.807, 2.05) is 0 Å². The maximum absolute atomic E-state index is 11.1. The van der Waals surface area contributed by atoms with Crippen molar-refractivity contribution in [1.29, 1.82) is 0 Å². The fourth-order valence-corrected chi connectivity index (χ4v) is 1.00. The zero-order chi connectivity index (χ0) is 10.6. The minimum absolute atomic E-state index is 0.135. The number of hydrogen-bond acceptors (Lipinski definition) is 4. The summed E-state index contributed by atoms with van der Waals surface area (Å²) in [7, 11) is 0. The molecule has 0 bridgehead atoms. The topological polar surface area (TPSA) is 46.5 Å². The highest BCUT2D eigenvalue weighted by Crippen LogP contribution is 2.16.